The lowest BCUT2D eigenvalue weighted by atomic mass is 10.2. The predicted octanol–water partition coefficient (Wildman–Crippen LogP) is 3.00. The number of cyclic esters (lactones) is 1. The minimum atomic E-state index is -0.344. The topological polar surface area (TPSA) is 61.9 Å². The largest absolute Gasteiger partial charge is 0.447 e. The van der Waals surface area contributed by atoms with Crippen LogP contribution in [-0.4, -0.2) is 53.8 Å². The van der Waals surface area contributed by atoms with E-state index in [1.165, 1.54) is 0 Å². The number of amides is 3. The molecule has 3 amide bonds. The molecule has 3 rings (SSSR count). The van der Waals surface area contributed by atoms with Crippen molar-refractivity contribution in [2.24, 2.45) is 0 Å². The van der Waals surface area contributed by atoms with Crippen molar-refractivity contribution in [2.45, 2.75) is 25.1 Å². The Morgan fingerprint density at radius 3 is 2.91 bits per heavy atom. The Bertz CT molecular complexity index is 610. The fourth-order valence-electron chi connectivity index (χ4n) is 2.79. The molecular formula is C16H21N3O3S. The predicted molar refractivity (Wildman–Crippen MR) is 92.2 cm³/mol. The zero-order valence-electron chi connectivity index (χ0n) is 13.3. The van der Waals surface area contributed by atoms with Gasteiger partial charge in [0.1, 0.15) is 6.61 Å². The Hall–Kier alpha value is -1.89. The Morgan fingerprint density at radius 2 is 2.17 bits per heavy atom. The molecule has 124 valence electrons. The van der Waals surface area contributed by atoms with E-state index in [1.807, 2.05) is 34.9 Å². The molecule has 1 aromatic rings. The Morgan fingerprint density at radius 1 is 1.35 bits per heavy atom. The summed E-state index contributed by atoms with van der Waals surface area (Å²) in [6, 6.07) is 7.41. The second kappa shape index (κ2) is 6.70. The molecule has 2 aliphatic rings. The highest BCUT2D eigenvalue weighted by molar-refractivity contribution is 8.00. The third-order valence-corrected chi connectivity index (χ3v) is 5.65. The molecule has 7 heteroatoms. The maximum absolute atomic E-state index is 12.5. The van der Waals surface area contributed by atoms with Gasteiger partial charge in [-0.1, -0.05) is 13.0 Å². The number of rotatable bonds is 2. The van der Waals surface area contributed by atoms with Gasteiger partial charge in [0.25, 0.3) is 0 Å². The number of carbonyl (C=O) groups is 2. The van der Waals surface area contributed by atoms with Crippen LogP contribution in [0.15, 0.2) is 24.3 Å². The molecule has 2 unspecified atom stereocenters. The van der Waals surface area contributed by atoms with Crippen LogP contribution in [0.25, 0.3) is 0 Å². The van der Waals surface area contributed by atoms with Crippen LogP contribution in [0.2, 0.25) is 0 Å². The summed E-state index contributed by atoms with van der Waals surface area (Å²) < 4.78 is 4.95. The first-order valence-electron chi connectivity index (χ1n) is 7.80. The van der Waals surface area contributed by atoms with E-state index in [1.54, 1.807) is 11.0 Å². The second-order valence-corrected chi connectivity index (χ2v) is 7.24. The molecule has 0 radical (unpaired) electrons. The van der Waals surface area contributed by atoms with Gasteiger partial charge in [-0.25, -0.2) is 9.59 Å². The summed E-state index contributed by atoms with van der Waals surface area (Å²) in [7, 11) is 0. The molecule has 23 heavy (non-hydrogen) atoms. The van der Waals surface area contributed by atoms with Gasteiger partial charge in [0.15, 0.2) is 0 Å². The number of anilines is 2. The van der Waals surface area contributed by atoms with E-state index in [4.69, 9.17) is 4.74 Å². The molecule has 2 atom stereocenters. The third kappa shape index (κ3) is 3.39. The fourth-order valence-corrected chi connectivity index (χ4v) is 3.89. The van der Waals surface area contributed by atoms with Gasteiger partial charge in [0, 0.05) is 35.0 Å². The molecule has 0 bridgehead atoms. The highest BCUT2D eigenvalue weighted by Gasteiger charge is 2.29. The van der Waals surface area contributed by atoms with Gasteiger partial charge in [0.2, 0.25) is 0 Å². The van der Waals surface area contributed by atoms with Crippen molar-refractivity contribution in [1.29, 1.82) is 0 Å². The minimum absolute atomic E-state index is 0.0919. The van der Waals surface area contributed by atoms with E-state index in [0.29, 0.717) is 24.1 Å². The SMILES string of the molecule is CC1SCCN(C(=O)Nc2cccc(N3CCOC3=O)c2)C1C. The van der Waals surface area contributed by atoms with Crippen molar-refractivity contribution in [2.75, 3.05) is 35.7 Å². The van der Waals surface area contributed by atoms with Gasteiger partial charge in [-0.2, -0.15) is 11.8 Å². The number of hydrogen-bond donors (Lipinski definition) is 1. The zero-order chi connectivity index (χ0) is 16.4. The Balaban J connectivity index is 1.70. The maximum atomic E-state index is 12.5. The highest BCUT2D eigenvalue weighted by atomic mass is 32.2. The minimum Gasteiger partial charge on any atom is -0.447 e. The van der Waals surface area contributed by atoms with Crippen molar-refractivity contribution >= 4 is 35.3 Å². The van der Waals surface area contributed by atoms with Crippen LogP contribution in [0.4, 0.5) is 21.0 Å². The molecular weight excluding hydrogens is 314 g/mol. The number of urea groups is 1. The van der Waals surface area contributed by atoms with Crippen molar-refractivity contribution in [3.63, 3.8) is 0 Å². The number of ether oxygens (including phenoxy) is 1. The Kier molecular flexibility index (Phi) is 4.66. The van der Waals surface area contributed by atoms with E-state index < -0.39 is 0 Å². The molecule has 0 saturated carbocycles. The summed E-state index contributed by atoms with van der Waals surface area (Å²) >= 11 is 1.89. The van der Waals surface area contributed by atoms with Gasteiger partial charge in [-0.05, 0) is 25.1 Å². The molecule has 0 spiro atoms. The van der Waals surface area contributed by atoms with Gasteiger partial charge < -0.3 is 15.0 Å². The molecule has 1 N–H and O–H groups in total. The average Bonchev–Trinajstić information content (AvgIpc) is 2.96. The Labute approximate surface area is 140 Å². The smallest absolute Gasteiger partial charge is 0.414 e. The maximum Gasteiger partial charge on any atom is 0.414 e. The highest BCUT2D eigenvalue weighted by Crippen LogP contribution is 2.26. The monoisotopic (exact) mass is 335 g/mol. The van der Waals surface area contributed by atoms with Crippen LogP contribution in [0.3, 0.4) is 0 Å². The van der Waals surface area contributed by atoms with Gasteiger partial charge in [-0.3, -0.25) is 4.90 Å². The first kappa shape index (κ1) is 16.0. The third-order valence-electron chi connectivity index (χ3n) is 4.31. The van der Waals surface area contributed by atoms with Crippen LogP contribution < -0.4 is 10.2 Å². The van der Waals surface area contributed by atoms with Crippen LogP contribution >= 0.6 is 11.8 Å². The molecule has 2 saturated heterocycles. The number of hydrogen-bond acceptors (Lipinski definition) is 4. The zero-order valence-corrected chi connectivity index (χ0v) is 14.1. The van der Waals surface area contributed by atoms with Gasteiger partial charge in [-0.15, -0.1) is 0 Å². The standard InChI is InChI=1S/C16H21N3O3S/c1-11-12(2)23-9-7-18(11)15(20)17-13-4-3-5-14(10-13)19-6-8-22-16(19)21/h3-5,10-12H,6-9H2,1-2H3,(H,17,20). The average molecular weight is 335 g/mol. The van der Waals surface area contributed by atoms with Gasteiger partial charge >= 0.3 is 12.1 Å². The van der Waals surface area contributed by atoms with Crippen molar-refractivity contribution in [3.8, 4) is 0 Å². The first-order valence-corrected chi connectivity index (χ1v) is 8.85. The van der Waals surface area contributed by atoms with Gasteiger partial charge in [0.05, 0.1) is 6.54 Å². The lowest BCUT2D eigenvalue weighted by molar-refractivity contribution is 0.181. The number of nitrogens with zero attached hydrogens (tertiary/aromatic N) is 2. The second-order valence-electron chi connectivity index (χ2n) is 5.76. The summed E-state index contributed by atoms with van der Waals surface area (Å²) in [5, 5.41) is 3.37. The lowest BCUT2D eigenvalue weighted by Crippen LogP contribution is -2.49. The van der Waals surface area contributed by atoms with Crippen LogP contribution in [0.1, 0.15) is 13.8 Å². The van der Waals surface area contributed by atoms with Crippen molar-refractivity contribution in [3.05, 3.63) is 24.3 Å². The summed E-state index contributed by atoms with van der Waals surface area (Å²) in [5.74, 6) is 0.957. The van der Waals surface area contributed by atoms with E-state index in [-0.39, 0.29) is 18.2 Å². The summed E-state index contributed by atoms with van der Waals surface area (Å²) in [6.45, 7) is 5.91. The number of nitrogens with one attached hydrogen (secondary N) is 1. The van der Waals surface area contributed by atoms with Crippen LogP contribution in [0, 0.1) is 0 Å². The molecule has 2 aliphatic heterocycles. The van der Waals surface area contributed by atoms with E-state index in [9.17, 15) is 9.59 Å². The number of carbonyl (C=O) groups excluding carboxylic acids is 2. The van der Waals surface area contributed by atoms with E-state index in [2.05, 4.69) is 19.2 Å². The van der Waals surface area contributed by atoms with Crippen LogP contribution in [0.5, 0.6) is 0 Å². The van der Waals surface area contributed by atoms with Crippen LogP contribution in [-0.2, 0) is 4.74 Å². The van der Waals surface area contributed by atoms with E-state index in [0.717, 1.165) is 18.0 Å². The fraction of sp³-hybridized carbons (Fsp3) is 0.500. The number of benzene rings is 1. The molecule has 6 nitrogen and oxygen atoms in total. The molecule has 0 aromatic heterocycles. The molecule has 1 aromatic carbocycles. The summed E-state index contributed by atoms with van der Waals surface area (Å²) in [5.41, 5.74) is 1.42. The van der Waals surface area contributed by atoms with Crippen molar-refractivity contribution in [1.82, 2.24) is 4.90 Å². The normalized spacial score (nSPS) is 24.5. The molecule has 2 heterocycles. The van der Waals surface area contributed by atoms with E-state index >= 15 is 0 Å². The summed E-state index contributed by atoms with van der Waals surface area (Å²) in [6.07, 6.45) is -0.344. The summed E-state index contributed by atoms with van der Waals surface area (Å²) in [4.78, 5) is 27.6. The number of thioether (sulfide) groups is 1. The van der Waals surface area contributed by atoms with Crippen molar-refractivity contribution < 1.29 is 14.3 Å². The first-order chi connectivity index (χ1) is 11.1. The molecule has 0 aliphatic carbocycles. The lowest BCUT2D eigenvalue weighted by Gasteiger charge is -2.37. The quantitative estimate of drug-likeness (QED) is 0.902. The molecule has 2 fully saturated rings.